The maximum Gasteiger partial charge on any atom is 0.258 e. The molecule has 1 aromatic heterocycles. The fraction of sp³-hybridized carbons (Fsp3) is 0.0526. The van der Waals surface area contributed by atoms with Crippen LogP contribution in [-0.4, -0.2) is 22.9 Å². The van der Waals surface area contributed by atoms with E-state index in [4.69, 9.17) is 21.6 Å². The lowest BCUT2D eigenvalue weighted by Crippen LogP contribution is -2.26. The number of aromatic nitrogens is 2. The largest absolute Gasteiger partial charge is 0.438 e. The lowest BCUT2D eigenvalue weighted by atomic mass is 10.2. The third-order valence-corrected chi connectivity index (χ3v) is 3.84. The van der Waals surface area contributed by atoms with Gasteiger partial charge in [-0.1, -0.05) is 11.6 Å². The summed E-state index contributed by atoms with van der Waals surface area (Å²) in [5, 5.41) is 9.29. The van der Waals surface area contributed by atoms with Gasteiger partial charge in [0.15, 0.2) is 5.69 Å². The van der Waals surface area contributed by atoms with Gasteiger partial charge in [0.1, 0.15) is 11.8 Å². The molecular weight excluding hydrogens is 352 g/mol. The van der Waals surface area contributed by atoms with E-state index in [2.05, 4.69) is 9.97 Å². The second-order valence-electron chi connectivity index (χ2n) is 5.32. The minimum atomic E-state index is -0.145. The fourth-order valence-electron chi connectivity index (χ4n) is 2.19. The van der Waals surface area contributed by atoms with Crippen LogP contribution in [0.15, 0.2) is 60.9 Å². The number of amides is 1. The summed E-state index contributed by atoms with van der Waals surface area (Å²) in [5.74, 6) is 0.677. The van der Waals surface area contributed by atoms with Gasteiger partial charge in [0, 0.05) is 23.3 Å². The number of anilines is 1. The minimum Gasteiger partial charge on any atom is -0.438 e. The summed E-state index contributed by atoms with van der Waals surface area (Å²) in [4.78, 5) is 21.9. The molecule has 7 heteroatoms. The standard InChI is InChI=1S/C19H13ClN4O2/c1-24(19(25)13-2-4-14(20)5-3-13)16-6-8-17(9-7-16)26-18-12-22-15(10-21)11-23-18/h2-9,11-12H,1H3. The Labute approximate surface area is 155 Å². The Morgan fingerprint density at radius 2 is 1.77 bits per heavy atom. The first-order valence-corrected chi connectivity index (χ1v) is 7.98. The summed E-state index contributed by atoms with van der Waals surface area (Å²) in [6.45, 7) is 0. The Hall–Kier alpha value is -3.43. The molecule has 3 rings (SSSR count). The van der Waals surface area contributed by atoms with Crippen LogP contribution in [0.25, 0.3) is 0 Å². The highest BCUT2D eigenvalue weighted by atomic mass is 35.5. The lowest BCUT2D eigenvalue weighted by molar-refractivity contribution is 0.0993. The predicted octanol–water partition coefficient (Wildman–Crippen LogP) is 4.07. The van der Waals surface area contributed by atoms with Crippen molar-refractivity contribution in [1.82, 2.24) is 9.97 Å². The highest BCUT2D eigenvalue weighted by Crippen LogP contribution is 2.23. The van der Waals surface area contributed by atoms with E-state index in [9.17, 15) is 4.79 Å². The Morgan fingerprint density at radius 3 is 2.35 bits per heavy atom. The minimum absolute atomic E-state index is 0.145. The predicted molar refractivity (Wildman–Crippen MR) is 97.4 cm³/mol. The molecule has 3 aromatic rings. The van der Waals surface area contributed by atoms with E-state index in [0.717, 1.165) is 0 Å². The first kappa shape index (κ1) is 17.4. The maximum absolute atomic E-state index is 12.5. The van der Waals surface area contributed by atoms with Crippen LogP contribution >= 0.6 is 11.6 Å². The molecule has 0 fully saturated rings. The lowest BCUT2D eigenvalue weighted by Gasteiger charge is -2.18. The molecule has 0 unspecified atom stereocenters. The summed E-state index contributed by atoms with van der Waals surface area (Å²) in [7, 11) is 1.69. The van der Waals surface area contributed by atoms with E-state index >= 15 is 0 Å². The van der Waals surface area contributed by atoms with Crippen LogP contribution in [-0.2, 0) is 0 Å². The SMILES string of the molecule is CN(C(=O)c1ccc(Cl)cc1)c1ccc(Oc2cnc(C#N)cn2)cc1. The number of benzene rings is 2. The van der Waals surface area contributed by atoms with Gasteiger partial charge < -0.3 is 9.64 Å². The summed E-state index contributed by atoms with van der Waals surface area (Å²) in [6, 6.07) is 15.6. The molecule has 0 spiro atoms. The van der Waals surface area contributed by atoms with Crippen molar-refractivity contribution in [2.45, 2.75) is 0 Å². The number of hydrogen-bond acceptors (Lipinski definition) is 5. The van der Waals surface area contributed by atoms with Crippen molar-refractivity contribution in [3.05, 3.63) is 77.2 Å². The van der Waals surface area contributed by atoms with Crippen molar-refractivity contribution in [2.75, 3.05) is 11.9 Å². The van der Waals surface area contributed by atoms with Crippen LogP contribution in [0.4, 0.5) is 5.69 Å². The van der Waals surface area contributed by atoms with Crippen LogP contribution in [0.2, 0.25) is 5.02 Å². The van der Waals surface area contributed by atoms with Crippen molar-refractivity contribution < 1.29 is 9.53 Å². The molecule has 2 aromatic carbocycles. The molecular formula is C19H13ClN4O2. The number of nitrogens with zero attached hydrogens (tertiary/aromatic N) is 4. The molecule has 1 heterocycles. The smallest absolute Gasteiger partial charge is 0.258 e. The molecule has 0 aliphatic carbocycles. The molecule has 0 N–H and O–H groups in total. The quantitative estimate of drug-likeness (QED) is 0.697. The normalized spacial score (nSPS) is 10.0. The summed E-state index contributed by atoms with van der Waals surface area (Å²) >= 11 is 5.85. The highest BCUT2D eigenvalue weighted by molar-refractivity contribution is 6.30. The Balaban J connectivity index is 1.70. The number of nitriles is 1. The van der Waals surface area contributed by atoms with E-state index in [0.29, 0.717) is 22.0 Å². The van der Waals surface area contributed by atoms with Crippen molar-refractivity contribution in [3.63, 3.8) is 0 Å². The van der Waals surface area contributed by atoms with Gasteiger partial charge in [-0.3, -0.25) is 4.79 Å². The van der Waals surface area contributed by atoms with Gasteiger partial charge >= 0.3 is 0 Å². The zero-order valence-corrected chi connectivity index (χ0v) is 14.5. The Bertz CT molecular complexity index is 949. The molecule has 26 heavy (non-hydrogen) atoms. The number of rotatable bonds is 4. The van der Waals surface area contributed by atoms with E-state index < -0.39 is 0 Å². The van der Waals surface area contributed by atoms with Gasteiger partial charge in [-0.15, -0.1) is 0 Å². The maximum atomic E-state index is 12.5. The fourth-order valence-corrected chi connectivity index (χ4v) is 2.31. The van der Waals surface area contributed by atoms with Crippen LogP contribution in [0.5, 0.6) is 11.6 Å². The van der Waals surface area contributed by atoms with E-state index in [-0.39, 0.29) is 17.5 Å². The Morgan fingerprint density at radius 1 is 1.08 bits per heavy atom. The van der Waals surface area contributed by atoms with Gasteiger partial charge in [0.2, 0.25) is 5.88 Å². The third kappa shape index (κ3) is 3.97. The molecule has 0 saturated heterocycles. The molecule has 0 aliphatic heterocycles. The van der Waals surface area contributed by atoms with Gasteiger partial charge in [0.05, 0.1) is 12.4 Å². The second kappa shape index (κ2) is 7.64. The van der Waals surface area contributed by atoms with Crippen molar-refractivity contribution >= 4 is 23.2 Å². The van der Waals surface area contributed by atoms with Gasteiger partial charge in [-0.05, 0) is 48.5 Å². The zero-order valence-electron chi connectivity index (χ0n) is 13.8. The second-order valence-corrected chi connectivity index (χ2v) is 5.76. The summed E-state index contributed by atoms with van der Waals surface area (Å²) < 4.78 is 5.57. The Kier molecular flexibility index (Phi) is 5.11. The van der Waals surface area contributed by atoms with Gasteiger partial charge in [-0.25, -0.2) is 9.97 Å². The molecule has 0 aliphatic rings. The summed E-state index contributed by atoms with van der Waals surface area (Å²) in [6.07, 6.45) is 2.71. The van der Waals surface area contributed by atoms with Gasteiger partial charge in [-0.2, -0.15) is 5.26 Å². The number of halogens is 1. The molecule has 0 saturated carbocycles. The molecule has 0 radical (unpaired) electrons. The molecule has 0 atom stereocenters. The number of carbonyl (C=O) groups excluding carboxylic acids is 1. The molecule has 6 nitrogen and oxygen atoms in total. The summed E-state index contributed by atoms with van der Waals surface area (Å²) in [5.41, 5.74) is 1.48. The highest BCUT2D eigenvalue weighted by Gasteiger charge is 2.13. The zero-order chi connectivity index (χ0) is 18.5. The molecule has 0 bridgehead atoms. The van der Waals surface area contributed by atoms with E-state index in [1.807, 2.05) is 6.07 Å². The topological polar surface area (TPSA) is 79.1 Å². The van der Waals surface area contributed by atoms with Crippen LogP contribution < -0.4 is 9.64 Å². The number of ether oxygens (including phenoxy) is 1. The third-order valence-electron chi connectivity index (χ3n) is 3.58. The van der Waals surface area contributed by atoms with Crippen molar-refractivity contribution in [2.24, 2.45) is 0 Å². The van der Waals surface area contributed by atoms with E-state index in [1.165, 1.54) is 17.3 Å². The average molecular weight is 365 g/mol. The average Bonchev–Trinajstić information content (AvgIpc) is 2.69. The van der Waals surface area contributed by atoms with E-state index in [1.54, 1.807) is 55.6 Å². The van der Waals surface area contributed by atoms with Crippen LogP contribution in [0.3, 0.4) is 0 Å². The van der Waals surface area contributed by atoms with Crippen molar-refractivity contribution in [3.8, 4) is 17.7 Å². The number of carbonyl (C=O) groups is 1. The number of hydrogen-bond donors (Lipinski definition) is 0. The van der Waals surface area contributed by atoms with Crippen LogP contribution in [0.1, 0.15) is 16.1 Å². The van der Waals surface area contributed by atoms with Crippen molar-refractivity contribution in [1.29, 1.82) is 5.26 Å². The van der Waals surface area contributed by atoms with Crippen LogP contribution in [0, 0.1) is 11.3 Å². The first-order chi connectivity index (χ1) is 12.6. The van der Waals surface area contributed by atoms with Gasteiger partial charge in [0.25, 0.3) is 5.91 Å². The monoisotopic (exact) mass is 364 g/mol. The molecule has 1 amide bonds. The first-order valence-electron chi connectivity index (χ1n) is 7.60. The molecule has 128 valence electrons.